The number of nitrogens with one attached hydrogen (secondary N) is 1. The van der Waals surface area contributed by atoms with E-state index in [0.717, 1.165) is 24.0 Å². The highest BCUT2D eigenvalue weighted by Crippen LogP contribution is 2.33. The number of amides is 3. The molecule has 4 rings (SSSR count). The van der Waals surface area contributed by atoms with Gasteiger partial charge in [-0.05, 0) is 68.0 Å². The summed E-state index contributed by atoms with van der Waals surface area (Å²) < 4.78 is 0. The van der Waals surface area contributed by atoms with Gasteiger partial charge < -0.3 is 11.1 Å². The Morgan fingerprint density at radius 1 is 1.11 bits per heavy atom. The number of aryl methyl sites for hydroxylation is 2. The van der Waals surface area contributed by atoms with E-state index in [1.165, 1.54) is 11.0 Å². The van der Waals surface area contributed by atoms with Crippen molar-refractivity contribution in [2.75, 3.05) is 11.4 Å². The van der Waals surface area contributed by atoms with Crippen LogP contribution >= 0.6 is 0 Å². The molecule has 1 aliphatic heterocycles. The van der Waals surface area contributed by atoms with Crippen LogP contribution in [0, 0.1) is 19.8 Å². The summed E-state index contributed by atoms with van der Waals surface area (Å²) in [4.78, 5) is 39.7. The average Bonchev–Trinajstić information content (AvgIpc) is 3.49. The van der Waals surface area contributed by atoms with Crippen LogP contribution < -0.4 is 16.0 Å². The van der Waals surface area contributed by atoms with E-state index in [2.05, 4.69) is 5.32 Å². The molecule has 1 atom stereocenters. The number of fused-ring (bicyclic) bond motifs is 1. The molecule has 0 saturated heterocycles. The summed E-state index contributed by atoms with van der Waals surface area (Å²) in [5.41, 5.74) is 9.08. The molecule has 6 heteroatoms. The van der Waals surface area contributed by atoms with Crippen molar-refractivity contribution >= 4 is 23.4 Å². The lowest BCUT2D eigenvalue weighted by atomic mass is 10.0. The first-order valence-corrected chi connectivity index (χ1v) is 9.51. The lowest BCUT2D eigenvalue weighted by Gasteiger charge is -2.17. The summed E-state index contributed by atoms with van der Waals surface area (Å²) in [7, 11) is 0. The van der Waals surface area contributed by atoms with Gasteiger partial charge in [0.15, 0.2) is 0 Å². The second-order valence-electron chi connectivity index (χ2n) is 7.65. The summed E-state index contributed by atoms with van der Waals surface area (Å²) in [6.45, 7) is 4.17. The Balaban J connectivity index is 1.64. The zero-order chi connectivity index (χ0) is 20.0. The molecule has 0 spiro atoms. The standard InChI is InChI=1S/C22H23N3O3/c1-12-3-4-13(2)19(9-12)25-21(27)16-8-7-15(10-17(16)22(25)28)20(26)24-18(11-23)14-5-6-14/h3-4,7-10,14,18H,5-6,11,23H2,1-2H3,(H,24,26). The number of nitrogens with two attached hydrogens (primary N) is 1. The van der Waals surface area contributed by atoms with Gasteiger partial charge in [0.25, 0.3) is 17.7 Å². The maximum Gasteiger partial charge on any atom is 0.266 e. The van der Waals surface area contributed by atoms with Gasteiger partial charge in [-0.1, -0.05) is 12.1 Å². The monoisotopic (exact) mass is 377 g/mol. The summed E-state index contributed by atoms with van der Waals surface area (Å²) in [6, 6.07) is 10.3. The molecule has 1 saturated carbocycles. The van der Waals surface area contributed by atoms with Gasteiger partial charge in [-0.3, -0.25) is 14.4 Å². The van der Waals surface area contributed by atoms with Crippen LogP contribution in [0.5, 0.6) is 0 Å². The van der Waals surface area contributed by atoms with E-state index in [0.29, 0.717) is 29.3 Å². The molecule has 0 aromatic heterocycles. The maximum atomic E-state index is 13.0. The number of carbonyl (C=O) groups excluding carboxylic acids is 3. The van der Waals surface area contributed by atoms with Gasteiger partial charge in [0.2, 0.25) is 0 Å². The van der Waals surface area contributed by atoms with E-state index in [9.17, 15) is 14.4 Å². The molecule has 0 bridgehead atoms. The highest BCUT2D eigenvalue weighted by molar-refractivity contribution is 6.35. The molecule has 1 unspecified atom stereocenters. The summed E-state index contributed by atoms with van der Waals surface area (Å²) in [5.74, 6) is -0.596. The molecule has 3 amide bonds. The van der Waals surface area contributed by atoms with Crippen molar-refractivity contribution in [1.29, 1.82) is 0 Å². The number of imide groups is 1. The third-order valence-corrected chi connectivity index (χ3v) is 5.52. The first-order chi connectivity index (χ1) is 13.4. The predicted molar refractivity (Wildman–Crippen MR) is 107 cm³/mol. The molecule has 3 N–H and O–H groups in total. The molecule has 1 fully saturated rings. The Kier molecular flexibility index (Phi) is 4.51. The van der Waals surface area contributed by atoms with E-state index in [-0.39, 0.29) is 23.4 Å². The molecule has 2 aromatic rings. The van der Waals surface area contributed by atoms with E-state index in [1.54, 1.807) is 12.1 Å². The van der Waals surface area contributed by atoms with Crippen molar-refractivity contribution in [2.45, 2.75) is 32.7 Å². The molecule has 1 aliphatic carbocycles. The normalized spacial score (nSPS) is 16.9. The van der Waals surface area contributed by atoms with Crippen LogP contribution in [0.15, 0.2) is 36.4 Å². The van der Waals surface area contributed by atoms with E-state index in [1.807, 2.05) is 32.0 Å². The second-order valence-corrected chi connectivity index (χ2v) is 7.65. The topological polar surface area (TPSA) is 92.5 Å². The Labute approximate surface area is 163 Å². The molecular weight excluding hydrogens is 354 g/mol. The maximum absolute atomic E-state index is 13.0. The fraction of sp³-hybridized carbons (Fsp3) is 0.318. The van der Waals surface area contributed by atoms with Gasteiger partial charge in [-0.15, -0.1) is 0 Å². The van der Waals surface area contributed by atoms with Gasteiger partial charge in [-0.25, -0.2) is 4.90 Å². The third kappa shape index (κ3) is 3.10. The average molecular weight is 377 g/mol. The van der Waals surface area contributed by atoms with Crippen molar-refractivity contribution in [3.05, 3.63) is 64.2 Å². The van der Waals surface area contributed by atoms with Crippen LogP contribution in [-0.4, -0.2) is 30.3 Å². The third-order valence-electron chi connectivity index (χ3n) is 5.52. The van der Waals surface area contributed by atoms with Gasteiger partial charge in [-0.2, -0.15) is 0 Å². The van der Waals surface area contributed by atoms with Crippen LogP contribution in [0.1, 0.15) is 55.0 Å². The van der Waals surface area contributed by atoms with Gasteiger partial charge in [0, 0.05) is 18.2 Å². The Hall–Kier alpha value is -2.99. The van der Waals surface area contributed by atoms with Crippen LogP contribution in [0.2, 0.25) is 0 Å². The smallest absolute Gasteiger partial charge is 0.266 e. The number of benzene rings is 2. The Morgan fingerprint density at radius 3 is 2.50 bits per heavy atom. The number of carbonyl (C=O) groups is 3. The first kappa shape index (κ1) is 18.4. The first-order valence-electron chi connectivity index (χ1n) is 9.51. The number of rotatable bonds is 5. The van der Waals surface area contributed by atoms with Crippen LogP contribution in [0.4, 0.5) is 5.69 Å². The number of anilines is 1. The molecule has 28 heavy (non-hydrogen) atoms. The van der Waals surface area contributed by atoms with Crippen molar-refractivity contribution in [3.63, 3.8) is 0 Å². The molecular formula is C22H23N3O3. The minimum atomic E-state index is -0.402. The lowest BCUT2D eigenvalue weighted by molar-refractivity contribution is 0.0920. The molecule has 6 nitrogen and oxygen atoms in total. The quantitative estimate of drug-likeness (QED) is 0.784. The van der Waals surface area contributed by atoms with Crippen LogP contribution in [0.3, 0.4) is 0 Å². The predicted octanol–water partition coefficient (Wildman–Crippen LogP) is 2.57. The molecule has 2 aliphatic rings. The van der Waals surface area contributed by atoms with Crippen molar-refractivity contribution in [1.82, 2.24) is 5.32 Å². The summed E-state index contributed by atoms with van der Waals surface area (Å²) >= 11 is 0. The molecule has 144 valence electrons. The minimum absolute atomic E-state index is 0.0514. The largest absolute Gasteiger partial charge is 0.348 e. The summed E-state index contributed by atoms with van der Waals surface area (Å²) in [6.07, 6.45) is 2.15. The zero-order valence-corrected chi connectivity index (χ0v) is 16.0. The van der Waals surface area contributed by atoms with Crippen molar-refractivity contribution in [3.8, 4) is 0 Å². The van der Waals surface area contributed by atoms with Crippen molar-refractivity contribution < 1.29 is 14.4 Å². The zero-order valence-electron chi connectivity index (χ0n) is 16.0. The van der Waals surface area contributed by atoms with E-state index >= 15 is 0 Å². The van der Waals surface area contributed by atoms with Gasteiger partial charge in [0.1, 0.15) is 0 Å². The van der Waals surface area contributed by atoms with Crippen molar-refractivity contribution in [2.24, 2.45) is 11.7 Å². The van der Waals surface area contributed by atoms with E-state index in [4.69, 9.17) is 5.73 Å². The SMILES string of the molecule is Cc1ccc(C)c(N2C(=O)c3ccc(C(=O)NC(CN)C4CC4)cc3C2=O)c1. The molecule has 1 heterocycles. The number of hydrogen-bond acceptors (Lipinski definition) is 4. The minimum Gasteiger partial charge on any atom is -0.348 e. The van der Waals surface area contributed by atoms with Gasteiger partial charge in [0.05, 0.1) is 16.8 Å². The summed E-state index contributed by atoms with van der Waals surface area (Å²) in [5, 5.41) is 2.95. The second kappa shape index (κ2) is 6.87. The van der Waals surface area contributed by atoms with Crippen LogP contribution in [0.25, 0.3) is 0 Å². The van der Waals surface area contributed by atoms with Crippen LogP contribution in [-0.2, 0) is 0 Å². The van der Waals surface area contributed by atoms with Gasteiger partial charge >= 0.3 is 0 Å². The fourth-order valence-corrected chi connectivity index (χ4v) is 3.68. The fourth-order valence-electron chi connectivity index (χ4n) is 3.68. The number of hydrogen-bond donors (Lipinski definition) is 2. The molecule has 2 aromatic carbocycles. The molecule has 0 radical (unpaired) electrons. The number of nitrogens with zero attached hydrogens (tertiary/aromatic N) is 1. The Morgan fingerprint density at radius 2 is 1.82 bits per heavy atom. The van der Waals surface area contributed by atoms with E-state index < -0.39 is 5.91 Å². The lowest BCUT2D eigenvalue weighted by Crippen LogP contribution is -2.41. The highest BCUT2D eigenvalue weighted by Gasteiger charge is 2.38. The Bertz CT molecular complexity index is 995. The highest BCUT2D eigenvalue weighted by atomic mass is 16.2.